The Bertz CT molecular complexity index is 617. The molecule has 0 fully saturated rings. The molecule has 0 saturated carbocycles. The van der Waals surface area contributed by atoms with Crippen molar-refractivity contribution in [3.8, 4) is 11.5 Å². The molecule has 5 nitrogen and oxygen atoms in total. The van der Waals surface area contributed by atoms with Gasteiger partial charge >= 0.3 is 0 Å². The third-order valence-corrected chi connectivity index (χ3v) is 4.41. The molecule has 3 rings (SSSR count). The van der Waals surface area contributed by atoms with E-state index in [1.165, 1.54) is 4.88 Å². The minimum absolute atomic E-state index is 0.273. The van der Waals surface area contributed by atoms with Crippen LogP contribution in [0.2, 0.25) is 0 Å². The second-order valence-electron chi connectivity index (χ2n) is 5.63. The zero-order valence-corrected chi connectivity index (χ0v) is 13.9. The molecule has 1 aliphatic rings. The van der Waals surface area contributed by atoms with Gasteiger partial charge in [-0.05, 0) is 36.2 Å². The SMILES string of the molecule is CN(Cc1cccs1)C[C@@H](O)COCc1ccc2c(c1)OCO2. The summed E-state index contributed by atoms with van der Waals surface area (Å²) in [6.07, 6.45) is -0.506. The first-order valence-electron chi connectivity index (χ1n) is 7.56. The fourth-order valence-corrected chi connectivity index (χ4v) is 3.27. The first kappa shape index (κ1) is 16.3. The van der Waals surface area contributed by atoms with Gasteiger partial charge in [0.25, 0.3) is 0 Å². The number of ether oxygens (including phenoxy) is 3. The Morgan fingerprint density at radius 2 is 2.17 bits per heavy atom. The van der Waals surface area contributed by atoms with Gasteiger partial charge in [0.15, 0.2) is 11.5 Å². The number of nitrogens with zero attached hydrogens (tertiary/aromatic N) is 1. The van der Waals surface area contributed by atoms with Crippen LogP contribution in [0.4, 0.5) is 0 Å². The summed E-state index contributed by atoms with van der Waals surface area (Å²) in [5, 5.41) is 12.1. The minimum Gasteiger partial charge on any atom is -0.454 e. The highest BCUT2D eigenvalue weighted by molar-refractivity contribution is 7.09. The summed E-state index contributed by atoms with van der Waals surface area (Å²) in [5.74, 6) is 1.52. The van der Waals surface area contributed by atoms with E-state index in [0.717, 1.165) is 23.6 Å². The van der Waals surface area contributed by atoms with Crippen LogP contribution in [-0.2, 0) is 17.9 Å². The highest BCUT2D eigenvalue weighted by Crippen LogP contribution is 2.32. The van der Waals surface area contributed by atoms with E-state index in [2.05, 4.69) is 16.3 Å². The van der Waals surface area contributed by atoms with Gasteiger partial charge in [-0.3, -0.25) is 4.90 Å². The van der Waals surface area contributed by atoms with Gasteiger partial charge in [0, 0.05) is 18.0 Å². The Morgan fingerprint density at radius 1 is 1.30 bits per heavy atom. The number of hydrogen-bond acceptors (Lipinski definition) is 6. The molecular formula is C17H21NO4S. The molecule has 2 heterocycles. The number of hydrogen-bond donors (Lipinski definition) is 1. The average molecular weight is 335 g/mol. The number of fused-ring (bicyclic) bond motifs is 1. The second kappa shape index (κ2) is 7.79. The van der Waals surface area contributed by atoms with E-state index in [1.54, 1.807) is 11.3 Å². The van der Waals surface area contributed by atoms with E-state index in [0.29, 0.717) is 19.8 Å². The molecule has 0 amide bonds. The Morgan fingerprint density at radius 3 is 3.00 bits per heavy atom. The molecule has 0 saturated heterocycles. The second-order valence-corrected chi connectivity index (χ2v) is 6.66. The van der Waals surface area contributed by atoms with Crippen LogP contribution >= 0.6 is 11.3 Å². The molecule has 2 aromatic rings. The normalized spacial score (nSPS) is 14.4. The van der Waals surface area contributed by atoms with E-state index in [1.807, 2.05) is 31.3 Å². The summed E-state index contributed by atoms with van der Waals surface area (Å²) >= 11 is 1.73. The van der Waals surface area contributed by atoms with Gasteiger partial charge in [-0.2, -0.15) is 0 Å². The quantitative estimate of drug-likeness (QED) is 0.803. The molecule has 1 aliphatic heterocycles. The van der Waals surface area contributed by atoms with Crippen molar-refractivity contribution in [3.63, 3.8) is 0 Å². The van der Waals surface area contributed by atoms with Gasteiger partial charge in [0.05, 0.1) is 19.3 Å². The molecule has 6 heteroatoms. The zero-order valence-electron chi connectivity index (χ0n) is 13.1. The van der Waals surface area contributed by atoms with E-state index >= 15 is 0 Å². The largest absolute Gasteiger partial charge is 0.454 e. The Labute approximate surface area is 140 Å². The van der Waals surface area contributed by atoms with Crippen molar-refractivity contribution in [1.82, 2.24) is 4.90 Å². The third kappa shape index (κ3) is 4.68. The van der Waals surface area contributed by atoms with Gasteiger partial charge in [0.1, 0.15) is 0 Å². The van der Waals surface area contributed by atoms with Gasteiger partial charge in [-0.15, -0.1) is 11.3 Å². The first-order chi connectivity index (χ1) is 11.2. The maximum Gasteiger partial charge on any atom is 0.231 e. The standard InChI is InChI=1S/C17H21NO4S/c1-18(9-15-3-2-6-23-15)8-14(19)11-20-10-13-4-5-16-17(7-13)22-12-21-16/h2-7,14,19H,8-12H2,1H3/t14-/m1/s1. The van der Waals surface area contributed by atoms with Gasteiger partial charge in [-0.1, -0.05) is 12.1 Å². The van der Waals surface area contributed by atoms with Crippen LogP contribution in [0.3, 0.4) is 0 Å². The molecule has 1 N–H and O–H groups in total. The first-order valence-corrected chi connectivity index (χ1v) is 8.44. The van der Waals surface area contributed by atoms with Gasteiger partial charge in [0.2, 0.25) is 6.79 Å². The van der Waals surface area contributed by atoms with Gasteiger partial charge < -0.3 is 19.3 Å². The summed E-state index contributed by atoms with van der Waals surface area (Å²) in [7, 11) is 2.00. The van der Waals surface area contributed by atoms with Crippen molar-refractivity contribution in [3.05, 3.63) is 46.2 Å². The van der Waals surface area contributed by atoms with Crippen LogP contribution in [0.25, 0.3) is 0 Å². The topological polar surface area (TPSA) is 51.2 Å². The van der Waals surface area contributed by atoms with E-state index < -0.39 is 6.10 Å². The molecule has 0 spiro atoms. The van der Waals surface area contributed by atoms with Crippen LogP contribution < -0.4 is 9.47 Å². The number of aliphatic hydroxyl groups excluding tert-OH is 1. The molecule has 1 aromatic heterocycles. The molecule has 124 valence electrons. The molecule has 0 radical (unpaired) electrons. The predicted octanol–water partition coefficient (Wildman–Crippen LogP) is 2.49. The summed E-state index contributed by atoms with van der Waals surface area (Å²) in [5.41, 5.74) is 1.01. The van der Waals surface area contributed by atoms with Crippen molar-refractivity contribution in [2.45, 2.75) is 19.3 Å². The van der Waals surface area contributed by atoms with Crippen molar-refractivity contribution < 1.29 is 19.3 Å². The fourth-order valence-electron chi connectivity index (χ4n) is 2.49. The fraction of sp³-hybridized carbons (Fsp3) is 0.412. The Hall–Kier alpha value is -1.60. The predicted molar refractivity (Wildman–Crippen MR) is 88.9 cm³/mol. The highest BCUT2D eigenvalue weighted by atomic mass is 32.1. The summed E-state index contributed by atoms with van der Waals surface area (Å²) in [4.78, 5) is 3.39. The van der Waals surface area contributed by atoms with E-state index in [4.69, 9.17) is 14.2 Å². The van der Waals surface area contributed by atoms with Crippen LogP contribution in [0.15, 0.2) is 35.7 Å². The van der Waals surface area contributed by atoms with Crippen LogP contribution in [0.1, 0.15) is 10.4 Å². The monoisotopic (exact) mass is 335 g/mol. The third-order valence-electron chi connectivity index (χ3n) is 3.54. The Kier molecular flexibility index (Phi) is 5.51. The molecular weight excluding hydrogens is 314 g/mol. The number of likely N-dealkylation sites (N-methyl/N-ethyl adjacent to an activating group) is 1. The lowest BCUT2D eigenvalue weighted by atomic mass is 10.2. The lowest BCUT2D eigenvalue weighted by Gasteiger charge is -2.20. The van der Waals surface area contributed by atoms with Crippen LogP contribution in [0, 0.1) is 0 Å². The van der Waals surface area contributed by atoms with Crippen LogP contribution in [0.5, 0.6) is 11.5 Å². The molecule has 1 aromatic carbocycles. The average Bonchev–Trinajstić information content (AvgIpc) is 3.17. The highest BCUT2D eigenvalue weighted by Gasteiger charge is 2.14. The van der Waals surface area contributed by atoms with Crippen molar-refractivity contribution in [2.24, 2.45) is 0 Å². The van der Waals surface area contributed by atoms with E-state index in [-0.39, 0.29) is 6.79 Å². The zero-order chi connectivity index (χ0) is 16.1. The maximum atomic E-state index is 10.1. The molecule has 0 aliphatic carbocycles. The maximum absolute atomic E-state index is 10.1. The number of thiophene rings is 1. The summed E-state index contributed by atoms with van der Waals surface area (Å²) in [6.45, 7) is 2.45. The summed E-state index contributed by atoms with van der Waals surface area (Å²) in [6, 6.07) is 9.88. The van der Waals surface area contributed by atoms with Crippen molar-refractivity contribution in [1.29, 1.82) is 0 Å². The van der Waals surface area contributed by atoms with E-state index in [9.17, 15) is 5.11 Å². The molecule has 0 bridgehead atoms. The number of rotatable bonds is 8. The lowest BCUT2D eigenvalue weighted by Crippen LogP contribution is -2.31. The molecule has 0 unspecified atom stereocenters. The van der Waals surface area contributed by atoms with Crippen molar-refractivity contribution in [2.75, 3.05) is 27.0 Å². The number of benzene rings is 1. The van der Waals surface area contributed by atoms with Crippen molar-refractivity contribution >= 4 is 11.3 Å². The Balaban J connectivity index is 1.38. The molecule has 23 heavy (non-hydrogen) atoms. The van der Waals surface area contributed by atoms with Crippen LogP contribution in [-0.4, -0.2) is 43.1 Å². The summed E-state index contributed by atoms with van der Waals surface area (Å²) < 4.78 is 16.2. The smallest absolute Gasteiger partial charge is 0.231 e. The molecule has 1 atom stereocenters. The minimum atomic E-state index is -0.506. The lowest BCUT2D eigenvalue weighted by molar-refractivity contribution is 0.0128. The van der Waals surface area contributed by atoms with Gasteiger partial charge in [-0.25, -0.2) is 0 Å². The number of aliphatic hydroxyl groups is 1.